The summed E-state index contributed by atoms with van der Waals surface area (Å²) in [6, 6.07) is 10.6. The van der Waals surface area contributed by atoms with E-state index >= 15 is 0 Å². The Morgan fingerprint density at radius 3 is 2.69 bits per heavy atom. The lowest BCUT2D eigenvalue weighted by Gasteiger charge is -2.25. The van der Waals surface area contributed by atoms with Crippen LogP contribution in [0.3, 0.4) is 0 Å². The standard InChI is InChI=1S/C18H16ClN3O4/c1-22(13-6-4-5-12(19)11(13)9-20)21-17-10-7-8-14(24-2)16(25-3)15(10)18(23)26-17/h4-8,17,21H,1-3H3. The molecule has 1 aliphatic rings. The number of hydrogen-bond donors (Lipinski definition) is 1. The molecule has 0 aromatic heterocycles. The number of cyclic esters (lactones) is 1. The van der Waals surface area contributed by atoms with Crippen molar-refractivity contribution in [1.82, 2.24) is 5.43 Å². The maximum atomic E-state index is 12.3. The molecule has 0 aliphatic carbocycles. The van der Waals surface area contributed by atoms with Crippen molar-refractivity contribution in [3.8, 4) is 17.6 Å². The summed E-state index contributed by atoms with van der Waals surface area (Å²) in [5.74, 6) is 0.245. The molecule has 0 amide bonds. The molecule has 26 heavy (non-hydrogen) atoms. The summed E-state index contributed by atoms with van der Waals surface area (Å²) in [7, 11) is 4.67. The third-order valence-electron chi connectivity index (χ3n) is 4.06. The van der Waals surface area contributed by atoms with E-state index in [4.69, 9.17) is 25.8 Å². The number of nitriles is 1. The second kappa shape index (κ2) is 7.12. The zero-order valence-corrected chi connectivity index (χ0v) is 15.1. The van der Waals surface area contributed by atoms with E-state index in [1.54, 1.807) is 42.4 Å². The van der Waals surface area contributed by atoms with Gasteiger partial charge in [-0.1, -0.05) is 17.7 Å². The third kappa shape index (κ3) is 2.90. The average molecular weight is 374 g/mol. The Kier molecular flexibility index (Phi) is 4.89. The summed E-state index contributed by atoms with van der Waals surface area (Å²) in [6.07, 6.45) is -0.743. The number of halogens is 1. The van der Waals surface area contributed by atoms with Crippen molar-refractivity contribution in [2.75, 3.05) is 26.3 Å². The Morgan fingerprint density at radius 2 is 2.04 bits per heavy atom. The number of carbonyl (C=O) groups excluding carboxylic acids is 1. The lowest BCUT2D eigenvalue weighted by molar-refractivity contribution is 0.0303. The monoisotopic (exact) mass is 373 g/mol. The van der Waals surface area contributed by atoms with Crippen LogP contribution in [0.2, 0.25) is 5.02 Å². The van der Waals surface area contributed by atoms with Crippen LogP contribution < -0.4 is 19.9 Å². The van der Waals surface area contributed by atoms with Gasteiger partial charge in [0.1, 0.15) is 11.6 Å². The van der Waals surface area contributed by atoms with Gasteiger partial charge in [0.05, 0.1) is 30.5 Å². The number of fused-ring (bicyclic) bond motifs is 1. The quantitative estimate of drug-likeness (QED) is 0.637. The smallest absolute Gasteiger partial charge is 0.344 e. The average Bonchev–Trinajstić information content (AvgIpc) is 2.96. The van der Waals surface area contributed by atoms with Gasteiger partial charge in [0.15, 0.2) is 17.7 Å². The highest BCUT2D eigenvalue weighted by molar-refractivity contribution is 6.32. The van der Waals surface area contributed by atoms with E-state index in [9.17, 15) is 10.1 Å². The molecule has 1 aliphatic heterocycles. The molecule has 0 saturated heterocycles. The maximum Gasteiger partial charge on any atom is 0.344 e. The van der Waals surface area contributed by atoms with E-state index < -0.39 is 12.2 Å². The van der Waals surface area contributed by atoms with E-state index in [0.717, 1.165) is 0 Å². The second-order valence-electron chi connectivity index (χ2n) is 5.48. The van der Waals surface area contributed by atoms with Crippen molar-refractivity contribution in [1.29, 1.82) is 5.26 Å². The van der Waals surface area contributed by atoms with Crippen LogP contribution in [0.25, 0.3) is 0 Å². The summed E-state index contributed by atoms with van der Waals surface area (Å²) in [6.45, 7) is 0. The number of esters is 1. The Labute approximate surface area is 155 Å². The number of anilines is 1. The lowest BCUT2D eigenvalue weighted by Crippen LogP contribution is -2.38. The Hall–Kier alpha value is -2.95. The third-order valence-corrected chi connectivity index (χ3v) is 4.38. The lowest BCUT2D eigenvalue weighted by atomic mass is 10.1. The van der Waals surface area contributed by atoms with Crippen LogP contribution in [0.15, 0.2) is 30.3 Å². The van der Waals surface area contributed by atoms with E-state index in [-0.39, 0.29) is 0 Å². The van der Waals surface area contributed by atoms with E-state index in [1.165, 1.54) is 14.2 Å². The largest absolute Gasteiger partial charge is 0.493 e. The molecule has 1 heterocycles. The number of nitrogens with zero attached hydrogens (tertiary/aromatic N) is 2. The Bertz CT molecular complexity index is 910. The number of benzene rings is 2. The second-order valence-corrected chi connectivity index (χ2v) is 5.89. The first kappa shape index (κ1) is 17.9. The van der Waals surface area contributed by atoms with Crippen molar-refractivity contribution < 1.29 is 19.0 Å². The zero-order valence-electron chi connectivity index (χ0n) is 14.4. The Balaban J connectivity index is 1.94. The van der Waals surface area contributed by atoms with E-state index in [1.807, 2.05) is 0 Å². The van der Waals surface area contributed by atoms with Gasteiger partial charge in [-0.05, 0) is 24.3 Å². The normalized spacial score (nSPS) is 15.0. The van der Waals surface area contributed by atoms with Crippen LogP contribution >= 0.6 is 11.6 Å². The molecular formula is C18H16ClN3O4. The van der Waals surface area contributed by atoms with Gasteiger partial charge in [0.2, 0.25) is 0 Å². The molecule has 0 radical (unpaired) electrons. The summed E-state index contributed by atoms with van der Waals surface area (Å²) >= 11 is 6.07. The first-order valence-corrected chi connectivity index (χ1v) is 8.04. The number of hydrogen-bond acceptors (Lipinski definition) is 7. The number of rotatable bonds is 5. The number of methoxy groups -OCH3 is 2. The van der Waals surface area contributed by atoms with Gasteiger partial charge in [-0.3, -0.25) is 0 Å². The molecule has 2 aromatic rings. The van der Waals surface area contributed by atoms with Crippen molar-refractivity contribution >= 4 is 23.3 Å². The van der Waals surface area contributed by atoms with Gasteiger partial charge < -0.3 is 19.2 Å². The van der Waals surface area contributed by atoms with E-state index in [2.05, 4.69) is 11.5 Å². The molecule has 1 N–H and O–H groups in total. The predicted octanol–water partition coefficient (Wildman–Crippen LogP) is 3.04. The first-order valence-electron chi connectivity index (χ1n) is 7.66. The molecule has 1 unspecified atom stereocenters. The number of hydrazine groups is 1. The van der Waals surface area contributed by atoms with Crippen LogP contribution in [0.5, 0.6) is 11.5 Å². The number of carbonyl (C=O) groups is 1. The molecule has 1 atom stereocenters. The molecule has 8 heteroatoms. The highest BCUT2D eigenvalue weighted by Crippen LogP contribution is 2.41. The van der Waals surface area contributed by atoms with E-state index in [0.29, 0.717) is 38.9 Å². The van der Waals surface area contributed by atoms with Crippen LogP contribution in [-0.4, -0.2) is 27.2 Å². The minimum Gasteiger partial charge on any atom is -0.493 e. The number of nitrogens with one attached hydrogen (secondary N) is 1. The minimum absolute atomic E-state index is 0.310. The molecule has 0 saturated carbocycles. The maximum absolute atomic E-state index is 12.3. The molecule has 7 nitrogen and oxygen atoms in total. The molecule has 3 rings (SSSR count). The van der Waals surface area contributed by atoms with Gasteiger partial charge in [-0.2, -0.15) is 10.7 Å². The first-order chi connectivity index (χ1) is 12.5. The fourth-order valence-electron chi connectivity index (χ4n) is 2.84. The predicted molar refractivity (Wildman–Crippen MR) is 95.4 cm³/mol. The molecule has 134 valence electrons. The van der Waals surface area contributed by atoms with Gasteiger partial charge >= 0.3 is 5.97 Å². The van der Waals surface area contributed by atoms with Crippen LogP contribution in [0.1, 0.15) is 27.7 Å². The van der Waals surface area contributed by atoms with Crippen LogP contribution in [-0.2, 0) is 4.74 Å². The molecule has 0 fully saturated rings. The summed E-state index contributed by atoms with van der Waals surface area (Å²) in [4.78, 5) is 12.3. The molecular weight excluding hydrogens is 358 g/mol. The van der Waals surface area contributed by atoms with Gasteiger partial charge in [-0.25, -0.2) is 4.79 Å². The molecule has 0 spiro atoms. The zero-order chi connectivity index (χ0) is 18.8. The van der Waals surface area contributed by atoms with Crippen molar-refractivity contribution in [2.45, 2.75) is 6.23 Å². The van der Waals surface area contributed by atoms with Gasteiger partial charge in [-0.15, -0.1) is 0 Å². The summed E-state index contributed by atoms with van der Waals surface area (Å²) in [5.41, 5.74) is 4.86. The molecule has 0 bridgehead atoms. The topological polar surface area (TPSA) is 83.8 Å². The highest BCUT2D eigenvalue weighted by Gasteiger charge is 2.36. The fourth-order valence-corrected chi connectivity index (χ4v) is 3.06. The van der Waals surface area contributed by atoms with Crippen molar-refractivity contribution in [2.24, 2.45) is 0 Å². The highest BCUT2D eigenvalue weighted by atomic mass is 35.5. The van der Waals surface area contributed by atoms with Crippen molar-refractivity contribution in [3.63, 3.8) is 0 Å². The Morgan fingerprint density at radius 1 is 1.27 bits per heavy atom. The van der Waals surface area contributed by atoms with Crippen LogP contribution in [0.4, 0.5) is 5.69 Å². The number of ether oxygens (including phenoxy) is 3. The fraction of sp³-hybridized carbons (Fsp3) is 0.222. The summed E-state index contributed by atoms with van der Waals surface area (Å²) < 4.78 is 16.0. The minimum atomic E-state index is -0.743. The van der Waals surface area contributed by atoms with Crippen LogP contribution in [0, 0.1) is 11.3 Å². The van der Waals surface area contributed by atoms with Crippen molar-refractivity contribution in [3.05, 3.63) is 52.0 Å². The molecule has 2 aromatic carbocycles. The van der Waals surface area contributed by atoms with Gasteiger partial charge in [0, 0.05) is 12.6 Å². The SMILES string of the molecule is COc1ccc2c(c1OC)C(=O)OC2NN(C)c1cccc(Cl)c1C#N. The van der Waals surface area contributed by atoms with Gasteiger partial charge in [0.25, 0.3) is 0 Å². The summed E-state index contributed by atoms with van der Waals surface area (Å²) in [5, 5.41) is 11.3.